The van der Waals surface area contributed by atoms with Gasteiger partial charge in [-0.1, -0.05) is 38.2 Å². The summed E-state index contributed by atoms with van der Waals surface area (Å²) >= 11 is 0. The normalized spacial score (nSPS) is 23.8. The van der Waals surface area contributed by atoms with Crippen molar-refractivity contribution < 1.29 is 28.3 Å². The van der Waals surface area contributed by atoms with E-state index in [2.05, 4.69) is 66.2 Å². The van der Waals surface area contributed by atoms with Gasteiger partial charge in [-0.25, -0.2) is 9.18 Å². The van der Waals surface area contributed by atoms with Crippen molar-refractivity contribution in [3.05, 3.63) is 82.4 Å². The Morgan fingerprint density at radius 1 is 0.864 bits per heavy atom. The van der Waals surface area contributed by atoms with Crippen molar-refractivity contribution in [2.75, 3.05) is 36.0 Å². The fourth-order valence-corrected chi connectivity index (χ4v) is 10.8. The minimum absolute atomic E-state index is 0.0320. The van der Waals surface area contributed by atoms with Crippen molar-refractivity contribution in [3.63, 3.8) is 0 Å². The number of hydroxylamine groups is 2. The Labute approximate surface area is 256 Å². The van der Waals surface area contributed by atoms with Crippen molar-refractivity contribution in [2.45, 2.75) is 51.2 Å². The molecule has 5 aliphatic rings. The van der Waals surface area contributed by atoms with Crippen LogP contribution in [0.15, 0.2) is 54.6 Å². The molecule has 0 saturated carbocycles. The molecular weight excluding hydrogens is 577 g/mol. The second kappa shape index (κ2) is 9.49. The predicted octanol–water partition coefficient (Wildman–Crippen LogP) is 3.48. The first kappa shape index (κ1) is 27.5. The minimum atomic E-state index is -2.29. The van der Waals surface area contributed by atoms with Gasteiger partial charge in [0.25, 0.3) is 11.8 Å². The summed E-state index contributed by atoms with van der Waals surface area (Å²) in [4.78, 5) is 47.3. The lowest BCUT2D eigenvalue weighted by atomic mass is 9.78. The Hall–Kier alpha value is -4.02. The third-order valence-corrected chi connectivity index (χ3v) is 13.6. The monoisotopic (exact) mass is 611 g/mol. The summed E-state index contributed by atoms with van der Waals surface area (Å²) in [6.45, 7) is 10.2. The summed E-state index contributed by atoms with van der Waals surface area (Å²) < 4.78 is 20.8. The number of carbonyl (C=O) groups excluding carboxylic acids is 3. The first-order valence-corrected chi connectivity index (χ1v) is 18.4. The molecule has 3 aromatic rings. The standard InChI is InChI=1S/C34H34FN3O5Si/c1-20-15-36(16-20)24-6-8-26-29(13-24)44(2,3)30-14-25(37-17-23(35)18-37)7-9-27(30)34(26)28-12-21(4-5-22(28)19-42-34)33(41)43-38-31(39)10-11-32(38)40/h4-9,12-14,20,23H,10-11,15-19H2,1-3H3. The Morgan fingerprint density at radius 3 is 2.02 bits per heavy atom. The molecule has 0 aliphatic carbocycles. The van der Waals surface area contributed by atoms with Gasteiger partial charge in [0.1, 0.15) is 19.8 Å². The molecule has 0 radical (unpaired) electrons. The van der Waals surface area contributed by atoms with Crippen LogP contribution < -0.4 is 20.2 Å². The van der Waals surface area contributed by atoms with Crippen LogP contribution >= 0.6 is 0 Å². The topological polar surface area (TPSA) is 79.4 Å². The van der Waals surface area contributed by atoms with E-state index in [-0.39, 0.29) is 18.4 Å². The summed E-state index contributed by atoms with van der Waals surface area (Å²) in [6.07, 6.45) is -0.742. The zero-order valence-corrected chi connectivity index (χ0v) is 26.1. The number of anilines is 2. The van der Waals surface area contributed by atoms with Gasteiger partial charge in [-0.2, -0.15) is 0 Å². The molecular formula is C34H34FN3O5Si. The van der Waals surface area contributed by atoms with Gasteiger partial charge >= 0.3 is 5.97 Å². The lowest BCUT2D eigenvalue weighted by molar-refractivity contribution is -0.172. The summed E-state index contributed by atoms with van der Waals surface area (Å²) in [7, 11) is -2.29. The lowest BCUT2D eigenvalue weighted by Gasteiger charge is -2.46. The summed E-state index contributed by atoms with van der Waals surface area (Å²) in [5.41, 5.74) is 5.43. The van der Waals surface area contributed by atoms with E-state index in [1.165, 1.54) is 16.1 Å². The zero-order valence-electron chi connectivity index (χ0n) is 25.1. The molecule has 44 heavy (non-hydrogen) atoms. The molecule has 1 atom stereocenters. The SMILES string of the molecule is CC1CN(c2ccc3c(c2)[Si](C)(C)c2cc(N4CC(F)C4)ccc2C32OCc3ccc(C(=O)ON4C(=O)CCC4=O)cc32)C1. The maximum atomic E-state index is 13.9. The second-order valence-electron chi connectivity index (χ2n) is 13.4. The first-order valence-electron chi connectivity index (χ1n) is 15.4. The molecule has 0 aromatic heterocycles. The van der Waals surface area contributed by atoms with Crippen LogP contribution in [-0.4, -0.2) is 63.3 Å². The highest BCUT2D eigenvalue weighted by Crippen LogP contribution is 2.50. The van der Waals surface area contributed by atoms with Gasteiger partial charge in [0.2, 0.25) is 0 Å². The molecule has 1 spiro atoms. The van der Waals surface area contributed by atoms with Gasteiger partial charge in [0.05, 0.1) is 25.3 Å². The van der Waals surface area contributed by atoms with Crippen molar-refractivity contribution in [3.8, 4) is 0 Å². The number of hydrogen-bond acceptors (Lipinski definition) is 7. The maximum absolute atomic E-state index is 13.9. The summed E-state index contributed by atoms with van der Waals surface area (Å²) in [5.74, 6) is -1.14. The molecule has 226 valence electrons. The van der Waals surface area contributed by atoms with E-state index in [1.54, 1.807) is 12.1 Å². The van der Waals surface area contributed by atoms with Crippen molar-refractivity contribution >= 4 is 47.6 Å². The van der Waals surface area contributed by atoms with Crippen molar-refractivity contribution in [1.29, 1.82) is 0 Å². The largest absolute Gasteiger partial charge is 0.371 e. The summed E-state index contributed by atoms with van der Waals surface area (Å²) in [6, 6.07) is 18.5. The van der Waals surface area contributed by atoms with Crippen molar-refractivity contribution in [2.24, 2.45) is 5.92 Å². The van der Waals surface area contributed by atoms with E-state index in [1.807, 2.05) is 6.07 Å². The Kier molecular flexibility index (Phi) is 5.93. The number of carbonyl (C=O) groups is 3. The smallest absolute Gasteiger partial charge is 0.363 e. The van der Waals surface area contributed by atoms with Gasteiger partial charge in [0.15, 0.2) is 0 Å². The highest BCUT2D eigenvalue weighted by Gasteiger charge is 2.53. The summed E-state index contributed by atoms with van der Waals surface area (Å²) in [5, 5.41) is 3.09. The second-order valence-corrected chi connectivity index (χ2v) is 17.7. The van der Waals surface area contributed by atoms with E-state index >= 15 is 0 Å². The van der Waals surface area contributed by atoms with Crippen LogP contribution in [0.3, 0.4) is 0 Å². The third kappa shape index (κ3) is 3.86. The lowest BCUT2D eigenvalue weighted by Crippen LogP contribution is -2.63. The third-order valence-electron chi connectivity index (χ3n) is 10.1. The van der Waals surface area contributed by atoms with E-state index in [9.17, 15) is 18.8 Å². The minimum Gasteiger partial charge on any atom is -0.371 e. The molecule has 3 saturated heterocycles. The number of benzene rings is 3. The molecule has 5 aliphatic heterocycles. The average Bonchev–Trinajstić information content (AvgIpc) is 3.52. The molecule has 0 N–H and O–H groups in total. The van der Waals surface area contributed by atoms with Gasteiger partial charge < -0.3 is 19.4 Å². The fraction of sp³-hybridized carbons (Fsp3) is 0.382. The number of amides is 2. The highest BCUT2D eigenvalue weighted by molar-refractivity contribution is 7.01. The Balaban J connectivity index is 1.28. The first-order chi connectivity index (χ1) is 21.1. The molecule has 1 unspecified atom stereocenters. The van der Waals surface area contributed by atoms with E-state index in [0.717, 1.165) is 41.0 Å². The number of imide groups is 1. The average molecular weight is 612 g/mol. The van der Waals surface area contributed by atoms with Crippen molar-refractivity contribution in [1.82, 2.24) is 5.06 Å². The van der Waals surface area contributed by atoms with E-state index in [4.69, 9.17) is 9.57 Å². The number of hydrogen-bond donors (Lipinski definition) is 0. The number of alkyl halides is 1. The van der Waals surface area contributed by atoms with Crippen LogP contribution in [0, 0.1) is 5.92 Å². The van der Waals surface area contributed by atoms with Crippen LogP contribution in [0.2, 0.25) is 13.1 Å². The molecule has 8 nitrogen and oxygen atoms in total. The number of halogens is 1. The Bertz CT molecular complexity index is 1680. The number of ether oxygens (including phenoxy) is 1. The number of nitrogens with zero attached hydrogens (tertiary/aromatic N) is 3. The molecule has 3 fully saturated rings. The van der Waals surface area contributed by atoms with Gasteiger partial charge in [-0.15, -0.1) is 5.06 Å². The van der Waals surface area contributed by atoms with Crippen LogP contribution in [0.5, 0.6) is 0 Å². The maximum Gasteiger partial charge on any atom is 0.363 e. The fourth-order valence-electron chi connectivity index (χ4n) is 7.60. The molecule has 8 rings (SSSR count). The molecule has 10 heteroatoms. The highest BCUT2D eigenvalue weighted by atomic mass is 28.3. The van der Waals surface area contributed by atoms with E-state index in [0.29, 0.717) is 30.7 Å². The quantitative estimate of drug-likeness (QED) is 0.330. The van der Waals surface area contributed by atoms with Crippen LogP contribution in [-0.2, 0) is 31.4 Å². The molecule has 5 heterocycles. The van der Waals surface area contributed by atoms with Gasteiger partial charge in [-0.05, 0) is 74.9 Å². The Morgan fingerprint density at radius 2 is 1.45 bits per heavy atom. The zero-order chi connectivity index (χ0) is 30.5. The number of fused-ring (bicyclic) bond motifs is 6. The number of rotatable bonds is 4. The predicted molar refractivity (Wildman–Crippen MR) is 166 cm³/mol. The molecule has 3 aromatic carbocycles. The molecule has 2 amide bonds. The van der Waals surface area contributed by atoms with Gasteiger partial charge in [-0.3, -0.25) is 9.59 Å². The van der Waals surface area contributed by atoms with Gasteiger partial charge in [0, 0.05) is 37.3 Å². The van der Waals surface area contributed by atoms with E-state index < -0.39 is 37.6 Å². The molecule has 0 bridgehead atoms. The van der Waals surface area contributed by atoms with Crippen LogP contribution in [0.25, 0.3) is 0 Å². The van der Waals surface area contributed by atoms with Crippen LogP contribution in [0.1, 0.15) is 52.4 Å². The van der Waals surface area contributed by atoms with Crippen LogP contribution in [0.4, 0.5) is 15.8 Å².